The number of aromatic nitrogens is 5. The molecule has 0 N–H and O–H groups in total. The summed E-state index contributed by atoms with van der Waals surface area (Å²) in [7, 11) is 3.92. The molecule has 33 heavy (non-hydrogen) atoms. The summed E-state index contributed by atoms with van der Waals surface area (Å²) in [4.78, 5) is 36.9. The van der Waals surface area contributed by atoms with Crippen molar-refractivity contribution in [2.75, 3.05) is 43.0 Å². The molecule has 0 saturated carbocycles. The van der Waals surface area contributed by atoms with Gasteiger partial charge in [-0.2, -0.15) is 4.98 Å². The number of anilines is 2. The van der Waals surface area contributed by atoms with Gasteiger partial charge in [-0.3, -0.25) is 9.78 Å². The van der Waals surface area contributed by atoms with Gasteiger partial charge in [0.1, 0.15) is 5.82 Å². The Balaban J connectivity index is 1.23. The summed E-state index contributed by atoms with van der Waals surface area (Å²) < 4.78 is 1.95. The van der Waals surface area contributed by atoms with Crippen LogP contribution in [0, 0.1) is 0 Å². The van der Waals surface area contributed by atoms with E-state index < -0.39 is 0 Å². The largest absolute Gasteiger partial charge is 0.353 e. The lowest BCUT2D eigenvalue weighted by Gasteiger charge is -2.35. The molecule has 0 aliphatic carbocycles. The number of hydrogen-bond acceptors (Lipinski definition) is 7. The van der Waals surface area contributed by atoms with Crippen LogP contribution in [0.2, 0.25) is 0 Å². The number of amides is 1. The van der Waals surface area contributed by atoms with Crippen molar-refractivity contribution in [3.8, 4) is 0 Å². The molecule has 9 nitrogen and oxygen atoms in total. The molecule has 168 valence electrons. The summed E-state index contributed by atoms with van der Waals surface area (Å²) in [6, 6.07) is 11.6. The Labute approximate surface area is 192 Å². The number of carbonyl (C=O) groups excluding carboxylic acids is 1. The highest BCUT2D eigenvalue weighted by Gasteiger charge is 2.24. The summed E-state index contributed by atoms with van der Waals surface area (Å²) >= 11 is 0. The summed E-state index contributed by atoms with van der Waals surface area (Å²) in [5.74, 6) is 1.58. The number of imidazole rings is 1. The Hall–Kier alpha value is -4.01. The average molecular weight is 443 g/mol. The SMILES string of the molecule is CN(Cc1cccnc1)c1nccc(N2CCN(C(=O)c3ccc4c(c3)ncn4C)CC2)n1. The summed E-state index contributed by atoms with van der Waals surface area (Å²) in [6.07, 6.45) is 7.17. The third kappa shape index (κ3) is 4.34. The number of nitrogens with zero attached hydrogens (tertiary/aromatic N) is 8. The zero-order valence-electron chi connectivity index (χ0n) is 18.8. The van der Waals surface area contributed by atoms with Gasteiger partial charge >= 0.3 is 0 Å². The number of carbonyl (C=O) groups is 1. The van der Waals surface area contributed by atoms with E-state index in [1.54, 1.807) is 18.7 Å². The molecule has 1 aliphatic heterocycles. The van der Waals surface area contributed by atoms with Crippen molar-refractivity contribution >= 4 is 28.7 Å². The topological polar surface area (TPSA) is 83.3 Å². The van der Waals surface area contributed by atoms with Crippen molar-refractivity contribution < 1.29 is 4.79 Å². The predicted molar refractivity (Wildman–Crippen MR) is 127 cm³/mol. The zero-order valence-corrected chi connectivity index (χ0v) is 18.8. The second kappa shape index (κ2) is 8.85. The summed E-state index contributed by atoms with van der Waals surface area (Å²) in [6.45, 7) is 3.41. The third-order valence-corrected chi connectivity index (χ3v) is 5.98. The van der Waals surface area contributed by atoms with Crippen molar-refractivity contribution in [3.63, 3.8) is 0 Å². The molecular weight excluding hydrogens is 416 g/mol. The molecule has 1 saturated heterocycles. The van der Waals surface area contributed by atoms with Crippen molar-refractivity contribution in [2.45, 2.75) is 6.54 Å². The smallest absolute Gasteiger partial charge is 0.254 e. The molecule has 0 spiro atoms. The van der Waals surface area contributed by atoms with Crippen molar-refractivity contribution in [2.24, 2.45) is 7.05 Å². The molecule has 1 aromatic carbocycles. The average Bonchev–Trinajstić information content (AvgIpc) is 3.24. The first kappa shape index (κ1) is 20.9. The fourth-order valence-electron chi connectivity index (χ4n) is 4.13. The lowest BCUT2D eigenvalue weighted by molar-refractivity contribution is 0.0746. The highest BCUT2D eigenvalue weighted by Crippen LogP contribution is 2.20. The number of aryl methyl sites for hydroxylation is 1. The van der Waals surface area contributed by atoms with E-state index in [0.29, 0.717) is 31.1 Å². The van der Waals surface area contributed by atoms with E-state index in [-0.39, 0.29) is 5.91 Å². The highest BCUT2D eigenvalue weighted by molar-refractivity contribution is 5.97. The van der Waals surface area contributed by atoms with Crippen LogP contribution in [-0.4, -0.2) is 68.5 Å². The van der Waals surface area contributed by atoms with E-state index in [9.17, 15) is 4.79 Å². The van der Waals surface area contributed by atoms with Gasteiger partial charge in [0.05, 0.1) is 17.4 Å². The van der Waals surface area contributed by atoms with E-state index in [4.69, 9.17) is 4.98 Å². The van der Waals surface area contributed by atoms with E-state index in [1.165, 1.54) is 0 Å². The van der Waals surface area contributed by atoms with Crippen LogP contribution in [0.25, 0.3) is 11.0 Å². The molecule has 1 aliphatic rings. The van der Waals surface area contributed by atoms with E-state index in [2.05, 4.69) is 19.9 Å². The fraction of sp³-hybridized carbons (Fsp3) is 0.292. The maximum absolute atomic E-state index is 13.0. The van der Waals surface area contributed by atoms with Crippen molar-refractivity contribution in [3.05, 3.63) is 72.4 Å². The first-order valence-electron chi connectivity index (χ1n) is 11.0. The quantitative estimate of drug-likeness (QED) is 0.469. The van der Waals surface area contributed by atoms with Crippen LogP contribution in [0.5, 0.6) is 0 Å². The van der Waals surface area contributed by atoms with Crippen LogP contribution in [0.1, 0.15) is 15.9 Å². The second-order valence-corrected chi connectivity index (χ2v) is 8.27. The number of rotatable bonds is 5. The number of piperazine rings is 1. The van der Waals surface area contributed by atoms with Gasteiger partial charge in [-0.15, -0.1) is 0 Å². The minimum Gasteiger partial charge on any atom is -0.353 e. The van der Waals surface area contributed by atoms with Gasteiger partial charge in [-0.25, -0.2) is 9.97 Å². The predicted octanol–water partition coefficient (Wildman–Crippen LogP) is 2.36. The Morgan fingerprint density at radius 1 is 1.06 bits per heavy atom. The Kier molecular flexibility index (Phi) is 5.60. The van der Waals surface area contributed by atoms with Crippen LogP contribution in [0.15, 0.2) is 61.3 Å². The molecule has 5 rings (SSSR count). The first-order valence-corrected chi connectivity index (χ1v) is 11.0. The fourth-order valence-corrected chi connectivity index (χ4v) is 4.13. The Bertz CT molecular complexity index is 1260. The first-order chi connectivity index (χ1) is 16.1. The standard InChI is InChI=1S/C24H26N8O/c1-29(16-18-4-3-8-25-15-18)24-26-9-7-22(28-24)31-10-12-32(13-11-31)23(33)19-5-6-21-20(14-19)27-17-30(21)2/h3-9,14-15,17H,10-13,16H2,1-2H3. The van der Waals surface area contributed by atoms with E-state index in [0.717, 1.165) is 35.5 Å². The Morgan fingerprint density at radius 2 is 1.91 bits per heavy atom. The molecule has 4 heterocycles. The van der Waals surface area contributed by atoms with Gasteiger partial charge in [0.2, 0.25) is 5.95 Å². The number of hydrogen-bond donors (Lipinski definition) is 0. The Morgan fingerprint density at radius 3 is 2.70 bits per heavy atom. The maximum atomic E-state index is 13.0. The van der Waals surface area contributed by atoms with Gasteiger partial charge in [-0.1, -0.05) is 6.07 Å². The third-order valence-electron chi connectivity index (χ3n) is 5.98. The number of fused-ring (bicyclic) bond motifs is 1. The van der Waals surface area contributed by atoms with Gasteiger partial charge in [0.15, 0.2) is 0 Å². The summed E-state index contributed by atoms with van der Waals surface area (Å²) in [5, 5.41) is 0. The van der Waals surface area contributed by atoms with Gasteiger partial charge in [-0.05, 0) is 35.9 Å². The monoisotopic (exact) mass is 442 g/mol. The molecule has 0 radical (unpaired) electrons. The molecule has 3 aromatic heterocycles. The maximum Gasteiger partial charge on any atom is 0.254 e. The van der Waals surface area contributed by atoms with Crippen LogP contribution in [-0.2, 0) is 13.6 Å². The van der Waals surface area contributed by atoms with Crippen molar-refractivity contribution in [1.82, 2.24) is 29.4 Å². The lowest BCUT2D eigenvalue weighted by Crippen LogP contribution is -2.49. The number of benzene rings is 1. The molecule has 1 amide bonds. The molecule has 0 bridgehead atoms. The normalized spacial score (nSPS) is 14.0. The van der Waals surface area contributed by atoms with E-state index >= 15 is 0 Å². The molecular formula is C24H26N8O. The van der Waals surface area contributed by atoms with E-state index in [1.807, 2.05) is 71.1 Å². The molecule has 4 aromatic rings. The molecule has 0 unspecified atom stereocenters. The molecule has 1 fully saturated rings. The number of pyridine rings is 1. The molecule has 0 atom stereocenters. The van der Waals surface area contributed by atoms with Crippen LogP contribution in [0.4, 0.5) is 11.8 Å². The second-order valence-electron chi connectivity index (χ2n) is 8.27. The summed E-state index contributed by atoms with van der Waals surface area (Å²) in [5.41, 5.74) is 3.64. The molecule has 9 heteroatoms. The van der Waals surface area contributed by atoms with Crippen LogP contribution < -0.4 is 9.80 Å². The van der Waals surface area contributed by atoms with Gasteiger partial charge < -0.3 is 19.3 Å². The van der Waals surface area contributed by atoms with Gasteiger partial charge in [0, 0.05) is 71.0 Å². The van der Waals surface area contributed by atoms with Gasteiger partial charge in [0.25, 0.3) is 5.91 Å². The minimum absolute atomic E-state index is 0.0433. The minimum atomic E-state index is 0.0433. The highest BCUT2D eigenvalue weighted by atomic mass is 16.2. The van der Waals surface area contributed by atoms with Crippen LogP contribution >= 0.6 is 0 Å². The lowest BCUT2D eigenvalue weighted by atomic mass is 10.1. The van der Waals surface area contributed by atoms with Crippen molar-refractivity contribution in [1.29, 1.82) is 0 Å². The van der Waals surface area contributed by atoms with Crippen LogP contribution in [0.3, 0.4) is 0 Å². The zero-order chi connectivity index (χ0) is 22.8.